The van der Waals surface area contributed by atoms with Crippen molar-refractivity contribution in [3.63, 3.8) is 0 Å². The molecule has 4 saturated carbocycles. The summed E-state index contributed by atoms with van der Waals surface area (Å²) in [5.41, 5.74) is 9.01. The molecular formula is C42H56FeO2P2+2. The summed E-state index contributed by atoms with van der Waals surface area (Å²) in [6.07, 6.45) is 31.8. The van der Waals surface area contributed by atoms with Crippen molar-refractivity contribution in [2.24, 2.45) is 0 Å². The Morgan fingerprint density at radius 2 is 0.957 bits per heavy atom. The zero-order valence-corrected chi connectivity index (χ0v) is 32.7. The van der Waals surface area contributed by atoms with E-state index < -0.39 is 7.92 Å². The van der Waals surface area contributed by atoms with Crippen LogP contribution >= 0.6 is 15.8 Å². The van der Waals surface area contributed by atoms with Crippen LogP contribution < -0.4 is 20.1 Å². The summed E-state index contributed by atoms with van der Waals surface area (Å²) in [6, 6.07) is 9.61. The first-order valence-corrected chi connectivity index (χ1v) is 20.5. The quantitative estimate of drug-likeness (QED) is 0.191. The van der Waals surface area contributed by atoms with E-state index in [2.05, 4.69) is 78.1 Å². The maximum atomic E-state index is 5.80. The van der Waals surface area contributed by atoms with E-state index in [1.807, 2.05) is 32.1 Å². The minimum Gasteiger partial charge on any atom is -0.496 e. The van der Waals surface area contributed by atoms with E-state index in [0.29, 0.717) is 5.66 Å². The van der Waals surface area contributed by atoms with Crippen LogP contribution in [-0.2, 0) is 17.1 Å². The zero-order chi connectivity index (χ0) is 32.6. The molecule has 2 nitrogen and oxygen atoms in total. The second kappa shape index (κ2) is 19.1. The van der Waals surface area contributed by atoms with Gasteiger partial charge in [0.1, 0.15) is 11.5 Å². The number of aryl methyl sites for hydroxylation is 4. The normalized spacial score (nSPS) is 20.6. The summed E-state index contributed by atoms with van der Waals surface area (Å²) in [6.45, 7) is 11.4. The van der Waals surface area contributed by atoms with Gasteiger partial charge in [-0.2, -0.15) is 0 Å². The Hall–Kier alpha value is -0.581. The largest absolute Gasteiger partial charge is 2.00 e. The number of benzene rings is 2. The van der Waals surface area contributed by atoms with Gasteiger partial charge in [0, 0.05) is 5.66 Å². The van der Waals surface area contributed by atoms with Crippen LogP contribution in [-0.4, -0.2) is 31.2 Å². The van der Waals surface area contributed by atoms with E-state index >= 15 is 0 Å². The van der Waals surface area contributed by atoms with E-state index in [1.54, 1.807) is 25.8 Å². The van der Waals surface area contributed by atoms with Crippen molar-refractivity contribution >= 4 is 26.5 Å². The molecule has 1 atom stereocenters. The Balaban J connectivity index is 0.000000762. The summed E-state index contributed by atoms with van der Waals surface area (Å²) in [5, 5.41) is 2.86. The molecule has 4 fully saturated rings. The maximum absolute atomic E-state index is 5.80. The Kier molecular flexibility index (Phi) is 16.0. The fourth-order valence-corrected chi connectivity index (χ4v) is 15.7. The molecular weight excluding hydrogens is 654 g/mol. The van der Waals surface area contributed by atoms with Gasteiger partial charge in [-0.05, 0) is 193 Å². The van der Waals surface area contributed by atoms with Crippen LogP contribution in [0.15, 0.2) is 24.3 Å². The van der Waals surface area contributed by atoms with Crippen molar-refractivity contribution in [3.05, 3.63) is 109 Å². The van der Waals surface area contributed by atoms with Gasteiger partial charge in [-0.25, -0.2) is 0 Å². The van der Waals surface area contributed by atoms with Crippen LogP contribution in [0.3, 0.4) is 0 Å². The number of hydrogen-bond donors (Lipinski definition) is 0. The number of rotatable bonds is 9. The maximum Gasteiger partial charge on any atom is 2.00 e. The van der Waals surface area contributed by atoms with Gasteiger partial charge in [-0.15, -0.1) is 0 Å². The topological polar surface area (TPSA) is 18.5 Å². The summed E-state index contributed by atoms with van der Waals surface area (Å²) < 4.78 is 11.6. The first-order valence-electron chi connectivity index (χ1n) is 17.6. The molecule has 0 aromatic heterocycles. The predicted octanol–water partition coefficient (Wildman–Crippen LogP) is 10.7. The van der Waals surface area contributed by atoms with E-state index in [0.717, 1.165) is 22.8 Å². The van der Waals surface area contributed by atoms with Crippen molar-refractivity contribution in [3.8, 4) is 11.5 Å². The van der Waals surface area contributed by atoms with Crippen molar-refractivity contribution in [1.82, 2.24) is 0 Å². The monoisotopic (exact) mass is 710 g/mol. The van der Waals surface area contributed by atoms with Gasteiger partial charge in [-0.1, -0.05) is 53.4 Å². The Labute approximate surface area is 302 Å². The van der Waals surface area contributed by atoms with Gasteiger partial charge in [0.2, 0.25) is 0 Å². The molecule has 2 aromatic carbocycles. The Morgan fingerprint density at radius 3 is 1.32 bits per heavy atom. The molecule has 4 aliphatic carbocycles. The van der Waals surface area contributed by atoms with Crippen molar-refractivity contribution in [2.75, 3.05) is 14.2 Å². The molecule has 0 N–H and O–H groups in total. The summed E-state index contributed by atoms with van der Waals surface area (Å²) >= 11 is 0. The third kappa shape index (κ3) is 9.60. The Morgan fingerprint density at radius 1 is 0.574 bits per heavy atom. The molecule has 0 bridgehead atoms. The second-order valence-electron chi connectivity index (χ2n) is 13.6. The average Bonchev–Trinajstić information content (AvgIpc) is 3.79. The second-order valence-corrected chi connectivity index (χ2v) is 18.9. The summed E-state index contributed by atoms with van der Waals surface area (Å²) in [5.74, 6) is 3.66. The van der Waals surface area contributed by atoms with Crippen LogP contribution in [0.5, 0.6) is 11.5 Å². The fraction of sp³-hybridized carbons (Fsp3) is 0.476. The molecule has 0 amide bonds. The smallest absolute Gasteiger partial charge is 0.496 e. The van der Waals surface area contributed by atoms with Gasteiger partial charge >= 0.3 is 17.1 Å². The molecule has 0 saturated heterocycles. The molecule has 10 radical (unpaired) electrons. The van der Waals surface area contributed by atoms with Crippen LogP contribution in [0.2, 0.25) is 0 Å². The zero-order valence-electron chi connectivity index (χ0n) is 29.8. The fourth-order valence-electron chi connectivity index (χ4n) is 8.34. The third-order valence-electron chi connectivity index (χ3n) is 10.3. The SMILES string of the molecule is COc1c(C)cc(P([C]2[CH][CH][CH][C]2[C@@H](C)P(C2CCCCC2)C2CCCCC2)c2cc(C)c(OC)c(C)c2)cc1C.[CH]1[CH][CH][CH][CH]1.[Fe+2]. The van der Waals surface area contributed by atoms with Crippen molar-refractivity contribution in [1.29, 1.82) is 0 Å². The van der Waals surface area contributed by atoms with E-state index in [1.165, 1.54) is 97.1 Å². The molecule has 0 spiro atoms. The van der Waals surface area contributed by atoms with Gasteiger partial charge in [0.05, 0.1) is 14.2 Å². The van der Waals surface area contributed by atoms with Crippen molar-refractivity contribution in [2.45, 2.75) is 116 Å². The molecule has 6 rings (SSSR count). The molecule has 0 unspecified atom stereocenters. The van der Waals surface area contributed by atoms with Gasteiger partial charge in [0.25, 0.3) is 0 Å². The summed E-state index contributed by atoms with van der Waals surface area (Å²) in [4.78, 5) is 0. The number of ether oxygens (including phenoxy) is 2. The average molecular weight is 711 g/mol. The molecule has 5 heteroatoms. The predicted molar refractivity (Wildman–Crippen MR) is 202 cm³/mol. The van der Waals surface area contributed by atoms with Crippen LogP contribution in [0.4, 0.5) is 0 Å². The summed E-state index contributed by atoms with van der Waals surface area (Å²) in [7, 11) is 2.81. The van der Waals surface area contributed by atoms with Crippen LogP contribution in [0.25, 0.3) is 0 Å². The van der Waals surface area contributed by atoms with Crippen LogP contribution in [0.1, 0.15) is 93.4 Å². The molecule has 252 valence electrons. The molecule has 47 heavy (non-hydrogen) atoms. The molecule has 2 aromatic rings. The molecule has 0 heterocycles. The van der Waals surface area contributed by atoms with E-state index in [4.69, 9.17) is 9.47 Å². The third-order valence-corrected chi connectivity index (χ3v) is 16.7. The first-order chi connectivity index (χ1) is 22.3. The van der Waals surface area contributed by atoms with Crippen LogP contribution in [0, 0.1) is 90.6 Å². The molecule has 0 aliphatic heterocycles. The van der Waals surface area contributed by atoms with Crippen molar-refractivity contribution < 1.29 is 26.5 Å². The van der Waals surface area contributed by atoms with E-state index in [9.17, 15) is 0 Å². The van der Waals surface area contributed by atoms with Gasteiger partial charge in [-0.3, -0.25) is 0 Å². The van der Waals surface area contributed by atoms with E-state index in [-0.39, 0.29) is 25.0 Å². The Bertz CT molecular complexity index is 1120. The van der Waals surface area contributed by atoms with Gasteiger partial charge < -0.3 is 9.47 Å². The minimum absolute atomic E-state index is 0. The van der Waals surface area contributed by atoms with Gasteiger partial charge in [0.15, 0.2) is 0 Å². The number of hydrogen-bond acceptors (Lipinski definition) is 2. The first kappa shape index (κ1) is 39.2. The molecule has 4 aliphatic rings. The number of methoxy groups -OCH3 is 2. The standard InChI is InChI=1S/C37H51O2P2.C5H5.Fe/c1-25-21-32(22-26(2)36(25)38-6)41(33-23-27(3)37(39-7)28(4)24-33)35-20-14-19-34(35)29(5)40(30-15-10-8-11-16-30)31-17-12-9-13-18-31;1-2-4-5-3-1;/h14,19-24,29-31H,8-13,15-18H2,1-7H3;1-5H;/q;;+2/t29-;;/m1../s1. The minimum atomic E-state index is -0.722.